The van der Waals surface area contributed by atoms with Gasteiger partial charge >= 0.3 is 0 Å². The first-order valence-corrected chi connectivity index (χ1v) is 12.2. The van der Waals surface area contributed by atoms with Crippen molar-refractivity contribution < 1.29 is 13.2 Å². The zero-order valence-electron chi connectivity index (χ0n) is 17.4. The van der Waals surface area contributed by atoms with Crippen molar-refractivity contribution in [1.82, 2.24) is 14.1 Å². The minimum atomic E-state index is -3.15. The summed E-state index contributed by atoms with van der Waals surface area (Å²) in [7, 11) is -3.15. The molecule has 0 N–H and O–H groups in total. The van der Waals surface area contributed by atoms with Crippen LogP contribution < -0.4 is 0 Å². The second-order valence-electron chi connectivity index (χ2n) is 8.01. The number of hydrogen-bond acceptors (Lipinski definition) is 4. The SMILES string of the molecule is CCS(=O)(=O)N1CCN(CC(=O)N2Cc3ccccc3C(c3ccccc3)C2)CC1. The first-order chi connectivity index (χ1) is 14.5. The minimum Gasteiger partial charge on any atom is -0.336 e. The molecule has 30 heavy (non-hydrogen) atoms. The van der Waals surface area contributed by atoms with Crippen LogP contribution in [0.5, 0.6) is 0 Å². The maximum atomic E-state index is 13.1. The second kappa shape index (κ2) is 8.88. The molecule has 2 aromatic rings. The number of benzene rings is 2. The topological polar surface area (TPSA) is 60.9 Å². The number of fused-ring (bicyclic) bond motifs is 1. The van der Waals surface area contributed by atoms with Crippen molar-refractivity contribution in [2.24, 2.45) is 0 Å². The number of carbonyl (C=O) groups excluding carboxylic acids is 1. The Bertz CT molecular complexity index is 986. The molecule has 0 aromatic heterocycles. The van der Waals surface area contributed by atoms with E-state index in [-0.39, 0.29) is 17.6 Å². The zero-order valence-corrected chi connectivity index (χ0v) is 18.2. The highest BCUT2D eigenvalue weighted by atomic mass is 32.2. The smallest absolute Gasteiger partial charge is 0.237 e. The summed E-state index contributed by atoms with van der Waals surface area (Å²) in [5, 5.41) is 0. The van der Waals surface area contributed by atoms with Crippen molar-refractivity contribution in [3.05, 3.63) is 71.3 Å². The van der Waals surface area contributed by atoms with Crippen LogP contribution in [0.2, 0.25) is 0 Å². The molecular formula is C23H29N3O3S. The Morgan fingerprint density at radius 3 is 2.33 bits per heavy atom. The van der Waals surface area contributed by atoms with Crippen LogP contribution in [0.4, 0.5) is 0 Å². The maximum Gasteiger partial charge on any atom is 0.237 e. The fourth-order valence-corrected chi connectivity index (χ4v) is 5.49. The molecule has 2 aliphatic rings. The molecule has 4 rings (SSSR count). The number of hydrogen-bond donors (Lipinski definition) is 0. The van der Waals surface area contributed by atoms with Gasteiger partial charge in [-0.05, 0) is 23.6 Å². The number of rotatable bonds is 5. The Morgan fingerprint density at radius 2 is 1.63 bits per heavy atom. The normalized spacial score (nSPS) is 20.7. The van der Waals surface area contributed by atoms with Crippen molar-refractivity contribution in [2.45, 2.75) is 19.4 Å². The van der Waals surface area contributed by atoms with Crippen LogP contribution in [0.25, 0.3) is 0 Å². The predicted molar refractivity (Wildman–Crippen MR) is 118 cm³/mol. The number of amides is 1. The van der Waals surface area contributed by atoms with Gasteiger partial charge in [-0.3, -0.25) is 9.69 Å². The third kappa shape index (κ3) is 4.43. The van der Waals surface area contributed by atoms with E-state index in [1.807, 2.05) is 29.2 Å². The molecule has 160 valence electrons. The predicted octanol–water partition coefficient (Wildman–Crippen LogP) is 2.13. The Morgan fingerprint density at radius 1 is 0.967 bits per heavy atom. The van der Waals surface area contributed by atoms with Crippen LogP contribution >= 0.6 is 0 Å². The van der Waals surface area contributed by atoms with Crippen molar-refractivity contribution >= 4 is 15.9 Å². The third-order valence-corrected chi connectivity index (χ3v) is 8.08. The van der Waals surface area contributed by atoms with E-state index in [9.17, 15) is 13.2 Å². The van der Waals surface area contributed by atoms with Crippen LogP contribution in [0.15, 0.2) is 54.6 Å². The molecule has 7 heteroatoms. The van der Waals surface area contributed by atoms with Gasteiger partial charge in [0, 0.05) is 45.2 Å². The molecule has 1 unspecified atom stereocenters. The monoisotopic (exact) mass is 427 g/mol. The van der Waals surface area contributed by atoms with Crippen LogP contribution in [-0.4, -0.2) is 73.5 Å². The summed E-state index contributed by atoms with van der Waals surface area (Å²) in [6, 6.07) is 18.7. The van der Waals surface area contributed by atoms with Crippen LogP contribution in [0, 0.1) is 0 Å². The molecule has 1 atom stereocenters. The van der Waals surface area contributed by atoms with E-state index in [4.69, 9.17) is 0 Å². The van der Waals surface area contributed by atoms with Crippen LogP contribution in [0.3, 0.4) is 0 Å². The maximum absolute atomic E-state index is 13.1. The van der Waals surface area contributed by atoms with Gasteiger partial charge in [0.25, 0.3) is 0 Å². The van der Waals surface area contributed by atoms with Crippen molar-refractivity contribution in [3.63, 3.8) is 0 Å². The lowest BCUT2D eigenvalue weighted by Gasteiger charge is -2.38. The fraction of sp³-hybridized carbons (Fsp3) is 0.435. The molecule has 0 radical (unpaired) electrons. The van der Waals surface area contributed by atoms with Gasteiger partial charge in [-0.2, -0.15) is 4.31 Å². The summed E-state index contributed by atoms with van der Waals surface area (Å²) in [6.45, 7) is 5.41. The number of piperazine rings is 1. The van der Waals surface area contributed by atoms with Gasteiger partial charge in [0.1, 0.15) is 0 Å². The summed E-state index contributed by atoms with van der Waals surface area (Å²) in [5.74, 6) is 0.406. The van der Waals surface area contributed by atoms with Gasteiger partial charge in [-0.25, -0.2) is 8.42 Å². The van der Waals surface area contributed by atoms with Crippen molar-refractivity contribution in [1.29, 1.82) is 0 Å². The summed E-state index contributed by atoms with van der Waals surface area (Å²) in [5.41, 5.74) is 3.72. The lowest BCUT2D eigenvalue weighted by molar-refractivity contribution is -0.133. The number of carbonyl (C=O) groups is 1. The lowest BCUT2D eigenvalue weighted by Crippen LogP contribution is -2.52. The summed E-state index contributed by atoms with van der Waals surface area (Å²) in [4.78, 5) is 17.2. The molecule has 0 bridgehead atoms. The van der Waals surface area contributed by atoms with Gasteiger partial charge in [0.15, 0.2) is 0 Å². The van der Waals surface area contributed by atoms with E-state index in [1.54, 1.807) is 6.92 Å². The van der Waals surface area contributed by atoms with E-state index in [0.29, 0.717) is 45.8 Å². The quantitative estimate of drug-likeness (QED) is 0.734. The van der Waals surface area contributed by atoms with Crippen molar-refractivity contribution in [2.75, 3.05) is 45.0 Å². The molecule has 0 aliphatic carbocycles. The Balaban J connectivity index is 1.44. The summed E-state index contributed by atoms with van der Waals surface area (Å²) in [6.07, 6.45) is 0. The van der Waals surface area contributed by atoms with E-state index in [0.717, 1.165) is 0 Å². The summed E-state index contributed by atoms with van der Waals surface area (Å²) >= 11 is 0. The van der Waals surface area contributed by atoms with Gasteiger partial charge in [0.2, 0.25) is 15.9 Å². The molecular weight excluding hydrogens is 398 g/mol. The standard InChI is InChI=1S/C23H29N3O3S/c1-2-30(28,29)26-14-12-24(13-15-26)18-23(27)25-16-20-10-6-7-11-21(20)22(17-25)19-8-4-3-5-9-19/h3-11,22H,2,12-18H2,1H3. The molecule has 1 amide bonds. The van der Waals surface area contributed by atoms with Crippen molar-refractivity contribution in [3.8, 4) is 0 Å². The largest absolute Gasteiger partial charge is 0.336 e. The highest BCUT2D eigenvalue weighted by molar-refractivity contribution is 7.89. The van der Waals surface area contributed by atoms with E-state index in [1.165, 1.54) is 21.0 Å². The molecule has 1 fully saturated rings. The van der Waals surface area contributed by atoms with Gasteiger partial charge in [-0.15, -0.1) is 0 Å². The average Bonchev–Trinajstić information content (AvgIpc) is 2.79. The molecule has 0 saturated carbocycles. The zero-order chi connectivity index (χ0) is 21.1. The lowest BCUT2D eigenvalue weighted by atomic mass is 9.84. The number of sulfonamides is 1. The molecule has 2 heterocycles. The third-order valence-electron chi connectivity index (χ3n) is 6.20. The molecule has 0 spiro atoms. The summed E-state index contributed by atoms with van der Waals surface area (Å²) < 4.78 is 25.6. The highest BCUT2D eigenvalue weighted by Crippen LogP contribution is 2.33. The Hall–Kier alpha value is -2.22. The molecule has 2 aliphatic heterocycles. The minimum absolute atomic E-state index is 0.109. The van der Waals surface area contributed by atoms with Crippen LogP contribution in [0.1, 0.15) is 29.5 Å². The van der Waals surface area contributed by atoms with Gasteiger partial charge < -0.3 is 4.90 Å². The van der Waals surface area contributed by atoms with E-state index >= 15 is 0 Å². The van der Waals surface area contributed by atoms with Crippen LogP contribution in [-0.2, 0) is 21.4 Å². The molecule has 6 nitrogen and oxygen atoms in total. The Kier molecular flexibility index (Phi) is 6.22. The first-order valence-electron chi connectivity index (χ1n) is 10.6. The van der Waals surface area contributed by atoms with Gasteiger partial charge in [0.05, 0.1) is 12.3 Å². The first kappa shape index (κ1) is 21.0. The molecule has 1 saturated heterocycles. The molecule has 2 aromatic carbocycles. The fourth-order valence-electron chi connectivity index (χ4n) is 4.41. The second-order valence-corrected chi connectivity index (χ2v) is 10.3. The van der Waals surface area contributed by atoms with Gasteiger partial charge in [-0.1, -0.05) is 54.6 Å². The number of nitrogens with zero attached hydrogens (tertiary/aromatic N) is 3. The van der Waals surface area contributed by atoms with E-state index < -0.39 is 10.0 Å². The van der Waals surface area contributed by atoms with E-state index in [2.05, 4.69) is 35.2 Å². The Labute approximate surface area is 179 Å². The average molecular weight is 428 g/mol. The highest BCUT2D eigenvalue weighted by Gasteiger charge is 2.31.